The van der Waals surface area contributed by atoms with Crippen molar-refractivity contribution in [2.75, 3.05) is 19.6 Å². The Morgan fingerprint density at radius 3 is 2.44 bits per heavy atom. The van der Waals surface area contributed by atoms with Gasteiger partial charge >= 0.3 is 0 Å². The summed E-state index contributed by atoms with van der Waals surface area (Å²) in [7, 11) is 0. The molecular weight excluding hydrogens is 584 g/mol. The highest BCUT2D eigenvalue weighted by atomic mass is 19.2. The Bertz CT molecular complexity index is 1510. The van der Waals surface area contributed by atoms with Gasteiger partial charge in [0.05, 0.1) is 11.6 Å². The fourth-order valence-electron chi connectivity index (χ4n) is 5.20. The van der Waals surface area contributed by atoms with Crippen LogP contribution >= 0.6 is 0 Å². The number of benzene rings is 2. The monoisotopic (exact) mass is 623 g/mol. The largest absolute Gasteiger partial charge is 0.354 e. The minimum Gasteiger partial charge on any atom is -0.354 e. The Morgan fingerprint density at radius 2 is 1.71 bits per heavy atom. The van der Waals surface area contributed by atoms with Gasteiger partial charge in [-0.15, -0.1) is 0 Å². The third kappa shape index (κ3) is 8.93. The molecule has 4 amide bonds. The van der Waals surface area contributed by atoms with Gasteiger partial charge in [0.2, 0.25) is 17.7 Å². The van der Waals surface area contributed by atoms with Gasteiger partial charge in [-0.1, -0.05) is 50.2 Å². The Kier molecular flexibility index (Phi) is 11.3. The smallest absolute Gasteiger partial charge is 0.256 e. The zero-order chi connectivity index (χ0) is 32.5. The van der Waals surface area contributed by atoms with E-state index in [0.717, 1.165) is 11.6 Å². The normalized spacial score (nSPS) is 19.2. The summed E-state index contributed by atoms with van der Waals surface area (Å²) in [6, 6.07) is 11.1. The summed E-state index contributed by atoms with van der Waals surface area (Å²) in [6.45, 7) is 5.76. The topological polar surface area (TPSA) is 138 Å². The van der Waals surface area contributed by atoms with Crippen molar-refractivity contribution in [2.24, 2.45) is 5.92 Å². The number of hydrogen-bond donors (Lipinski definition) is 3. The van der Waals surface area contributed by atoms with Gasteiger partial charge in [0.15, 0.2) is 17.5 Å². The number of carbonyl (C=O) groups excluding carboxylic acids is 4. The van der Waals surface area contributed by atoms with Crippen molar-refractivity contribution in [1.29, 1.82) is 0 Å². The van der Waals surface area contributed by atoms with E-state index in [4.69, 9.17) is 0 Å². The van der Waals surface area contributed by atoms with Crippen LogP contribution in [0.25, 0.3) is 0 Å². The first-order chi connectivity index (χ1) is 21.5. The van der Waals surface area contributed by atoms with Crippen LogP contribution < -0.4 is 16.0 Å². The van der Waals surface area contributed by atoms with Gasteiger partial charge in [0.1, 0.15) is 18.4 Å². The Morgan fingerprint density at radius 1 is 0.978 bits per heavy atom. The molecule has 0 saturated heterocycles. The fourth-order valence-corrected chi connectivity index (χ4v) is 5.20. The van der Waals surface area contributed by atoms with Gasteiger partial charge in [0.25, 0.3) is 5.91 Å². The lowest BCUT2D eigenvalue weighted by Crippen LogP contribution is -2.50. The Labute approximate surface area is 260 Å². The lowest BCUT2D eigenvalue weighted by molar-refractivity contribution is -0.129. The number of fused-ring (bicyclic) bond motifs is 1. The highest BCUT2D eigenvalue weighted by Gasteiger charge is 2.30. The summed E-state index contributed by atoms with van der Waals surface area (Å²) in [6.07, 6.45) is 0.734. The molecule has 0 unspecified atom stereocenters. The van der Waals surface area contributed by atoms with Crippen molar-refractivity contribution in [3.05, 3.63) is 82.9 Å². The second-order valence-electron chi connectivity index (χ2n) is 11.4. The van der Waals surface area contributed by atoms with E-state index in [9.17, 15) is 28.0 Å². The molecule has 0 aliphatic carbocycles. The predicted octanol–water partition coefficient (Wildman–Crippen LogP) is 2.85. The number of amides is 4. The molecule has 0 bridgehead atoms. The number of aryl methyl sites for hydroxylation is 1. The van der Waals surface area contributed by atoms with E-state index in [1.807, 2.05) is 44.2 Å². The highest BCUT2D eigenvalue weighted by Crippen LogP contribution is 2.21. The van der Waals surface area contributed by atoms with Crippen LogP contribution in [0, 0.1) is 24.5 Å². The lowest BCUT2D eigenvalue weighted by atomic mass is 10.0. The summed E-state index contributed by atoms with van der Waals surface area (Å²) in [5, 5.41) is 13.0. The molecule has 0 fully saturated rings. The van der Waals surface area contributed by atoms with Gasteiger partial charge in [-0.05, 0) is 43.4 Å². The first-order valence-electron chi connectivity index (χ1n) is 15.1. The minimum absolute atomic E-state index is 0.0220. The molecule has 1 aliphatic rings. The van der Waals surface area contributed by atoms with Crippen LogP contribution in [0.2, 0.25) is 0 Å². The zero-order valence-electron chi connectivity index (χ0n) is 25.7. The van der Waals surface area contributed by atoms with Gasteiger partial charge < -0.3 is 20.9 Å². The second-order valence-corrected chi connectivity index (χ2v) is 11.4. The standard InChI is InChI=1S/C32H39F2N7O4/c1-20(2)29-30-36-21(3)39-41(30)19-27(43)35-15-9-17-40(32(45)23-12-7-13-24(33)28(23)34)16-8-14-26(42)37-25(31(44)38-29)18-22-10-5-4-6-11-22/h4-7,10-13,20,25,29H,8-9,14-19H2,1-3H3,(H,35,43)(H,37,42)(H,38,44)/t25-,29+/m1/s1. The molecule has 2 aromatic carbocycles. The molecule has 240 valence electrons. The van der Waals surface area contributed by atoms with E-state index in [0.29, 0.717) is 18.1 Å². The fraction of sp³-hybridized carbons (Fsp3) is 0.438. The number of nitrogens with one attached hydrogen (secondary N) is 3. The van der Waals surface area contributed by atoms with E-state index < -0.39 is 47.0 Å². The molecule has 45 heavy (non-hydrogen) atoms. The maximum atomic E-state index is 14.5. The van der Waals surface area contributed by atoms with E-state index in [2.05, 4.69) is 26.0 Å². The van der Waals surface area contributed by atoms with Crippen molar-refractivity contribution in [3.8, 4) is 0 Å². The predicted molar refractivity (Wildman–Crippen MR) is 162 cm³/mol. The van der Waals surface area contributed by atoms with Gasteiger partial charge in [0, 0.05) is 32.5 Å². The number of carbonyl (C=O) groups is 4. The van der Waals surface area contributed by atoms with Crippen LogP contribution in [0.3, 0.4) is 0 Å². The molecule has 3 aromatic rings. The molecule has 2 heterocycles. The van der Waals surface area contributed by atoms with Crippen LogP contribution in [0.5, 0.6) is 0 Å². The SMILES string of the molecule is Cc1nc2n(n1)CC(=O)NCCCN(C(=O)c1cccc(F)c1F)CCCC(=O)N[C@H](Cc1ccccc1)C(=O)N[C@H]2C(C)C. The molecule has 11 nitrogen and oxygen atoms in total. The van der Waals surface area contributed by atoms with E-state index in [1.165, 1.54) is 21.7 Å². The average Bonchev–Trinajstić information content (AvgIpc) is 3.36. The van der Waals surface area contributed by atoms with E-state index in [1.54, 1.807) is 6.92 Å². The summed E-state index contributed by atoms with van der Waals surface area (Å²) in [5.74, 6) is -3.57. The van der Waals surface area contributed by atoms with Crippen molar-refractivity contribution >= 4 is 23.6 Å². The minimum atomic E-state index is -1.25. The number of rotatable bonds is 4. The molecular formula is C32H39F2N7O4. The van der Waals surface area contributed by atoms with Gasteiger partial charge in [-0.2, -0.15) is 5.10 Å². The first-order valence-corrected chi connectivity index (χ1v) is 15.1. The number of halogens is 2. The number of aromatic nitrogens is 3. The van der Waals surface area contributed by atoms with Crippen LogP contribution in [0.15, 0.2) is 48.5 Å². The average molecular weight is 624 g/mol. The molecule has 0 radical (unpaired) electrons. The lowest BCUT2D eigenvalue weighted by Gasteiger charge is -2.26. The third-order valence-electron chi connectivity index (χ3n) is 7.50. The maximum Gasteiger partial charge on any atom is 0.256 e. The Balaban J connectivity index is 1.62. The van der Waals surface area contributed by atoms with Gasteiger partial charge in [-0.3, -0.25) is 19.2 Å². The quantitative estimate of drug-likeness (QED) is 0.409. The van der Waals surface area contributed by atoms with Crippen molar-refractivity contribution < 1.29 is 28.0 Å². The molecule has 1 aliphatic heterocycles. The van der Waals surface area contributed by atoms with Crippen LogP contribution in [-0.2, 0) is 27.3 Å². The molecule has 2 atom stereocenters. The first kappa shape index (κ1) is 33.2. The molecule has 4 rings (SSSR count). The molecule has 13 heteroatoms. The van der Waals surface area contributed by atoms with Crippen molar-refractivity contribution in [1.82, 2.24) is 35.6 Å². The molecule has 0 spiro atoms. The molecule has 3 N–H and O–H groups in total. The maximum absolute atomic E-state index is 14.5. The van der Waals surface area contributed by atoms with Gasteiger partial charge in [-0.25, -0.2) is 18.4 Å². The van der Waals surface area contributed by atoms with Crippen molar-refractivity contribution in [2.45, 2.75) is 65.1 Å². The van der Waals surface area contributed by atoms with Crippen molar-refractivity contribution in [3.63, 3.8) is 0 Å². The summed E-state index contributed by atoms with van der Waals surface area (Å²) < 4.78 is 29.8. The summed E-state index contributed by atoms with van der Waals surface area (Å²) in [5.41, 5.74) is 0.421. The molecule has 1 aromatic heterocycles. The second kappa shape index (κ2) is 15.4. The number of hydrogen-bond acceptors (Lipinski definition) is 6. The van der Waals surface area contributed by atoms with E-state index in [-0.39, 0.29) is 57.3 Å². The van der Waals surface area contributed by atoms with Crippen LogP contribution in [0.4, 0.5) is 8.78 Å². The zero-order valence-corrected chi connectivity index (χ0v) is 25.7. The molecule has 0 saturated carbocycles. The third-order valence-corrected chi connectivity index (χ3v) is 7.50. The summed E-state index contributed by atoms with van der Waals surface area (Å²) in [4.78, 5) is 58.8. The number of nitrogens with zero attached hydrogens (tertiary/aromatic N) is 4. The van der Waals surface area contributed by atoms with Crippen LogP contribution in [0.1, 0.15) is 66.7 Å². The highest BCUT2D eigenvalue weighted by molar-refractivity contribution is 5.94. The summed E-state index contributed by atoms with van der Waals surface area (Å²) >= 11 is 0. The Hall–Kier alpha value is -4.68. The van der Waals surface area contributed by atoms with E-state index >= 15 is 0 Å². The van der Waals surface area contributed by atoms with Crippen LogP contribution in [-0.4, -0.2) is 69.0 Å².